The summed E-state index contributed by atoms with van der Waals surface area (Å²) < 4.78 is 34.0. The van der Waals surface area contributed by atoms with Gasteiger partial charge >= 0.3 is 0 Å². The third-order valence-electron chi connectivity index (χ3n) is 3.08. The Hall–Kier alpha value is -2.02. The van der Waals surface area contributed by atoms with Gasteiger partial charge in [-0.3, -0.25) is 9.40 Å². The molecule has 2 aromatic rings. The van der Waals surface area contributed by atoms with Gasteiger partial charge in [0.15, 0.2) is 0 Å². The second-order valence-corrected chi connectivity index (χ2v) is 6.18. The molecule has 0 bridgehead atoms. The Labute approximate surface area is 118 Å². The van der Waals surface area contributed by atoms with Crippen molar-refractivity contribution in [1.29, 1.82) is 0 Å². The molecular weight excluding hydrogens is 278 g/mol. The second kappa shape index (κ2) is 5.16. The third kappa shape index (κ3) is 2.62. The van der Waals surface area contributed by atoms with Crippen LogP contribution in [0.25, 0.3) is 0 Å². The highest BCUT2D eigenvalue weighted by Crippen LogP contribution is 2.28. The van der Waals surface area contributed by atoms with Gasteiger partial charge in [0.1, 0.15) is 10.6 Å². The Morgan fingerprint density at radius 2 is 2.00 bits per heavy atom. The van der Waals surface area contributed by atoms with Crippen molar-refractivity contribution in [2.45, 2.75) is 18.7 Å². The van der Waals surface area contributed by atoms with Crippen molar-refractivity contribution in [3.63, 3.8) is 0 Å². The van der Waals surface area contributed by atoms with Gasteiger partial charge in [0.25, 0.3) is 10.0 Å². The van der Waals surface area contributed by atoms with Gasteiger partial charge in [-0.05, 0) is 31.5 Å². The van der Waals surface area contributed by atoms with Crippen molar-refractivity contribution in [1.82, 2.24) is 9.78 Å². The first-order valence-electron chi connectivity index (χ1n) is 6.01. The number of rotatable bonds is 4. The van der Waals surface area contributed by atoms with E-state index >= 15 is 0 Å². The number of nitrogens with zero attached hydrogens (tertiary/aromatic N) is 2. The quantitative estimate of drug-likeness (QED) is 0.934. The molecule has 0 aliphatic carbocycles. The monoisotopic (exact) mass is 295 g/mol. The number of ether oxygens (including phenoxy) is 1. The lowest BCUT2D eigenvalue weighted by Gasteiger charge is -2.12. The van der Waals surface area contributed by atoms with Crippen LogP contribution in [0.1, 0.15) is 11.3 Å². The highest BCUT2D eigenvalue weighted by molar-refractivity contribution is 7.92. The number of anilines is 1. The smallest absolute Gasteiger partial charge is 0.265 e. The van der Waals surface area contributed by atoms with Crippen molar-refractivity contribution in [3.8, 4) is 5.75 Å². The van der Waals surface area contributed by atoms with Crippen LogP contribution in [-0.4, -0.2) is 25.3 Å². The van der Waals surface area contributed by atoms with E-state index in [1.54, 1.807) is 26.1 Å². The Morgan fingerprint density at radius 3 is 2.55 bits per heavy atom. The lowest BCUT2D eigenvalue weighted by atomic mass is 10.2. The van der Waals surface area contributed by atoms with E-state index in [-0.39, 0.29) is 4.90 Å². The van der Waals surface area contributed by atoms with Crippen LogP contribution in [0.15, 0.2) is 29.3 Å². The molecule has 7 heteroatoms. The molecule has 1 aromatic heterocycles. The van der Waals surface area contributed by atoms with Crippen LogP contribution in [0.4, 0.5) is 5.69 Å². The fourth-order valence-corrected chi connectivity index (χ4v) is 3.11. The van der Waals surface area contributed by atoms with Crippen molar-refractivity contribution < 1.29 is 13.2 Å². The molecular formula is C13H17N3O3S. The zero-order valence-corrected chi connectivity index (χ0v) is 12.7. The van der Waals surface area contributed by atoms with Crippen molar-refractivity contribution in [2.75, 3.05) is 11.8 Å². The van der Waals surface area contributed by atoms with E-state index in [2.05, 4.69) is 9.82 Å². The summed E-state index contributed by atoms with van der Waals surface area (Å²) in [4.78, 5) is 0.156. The molecule has 0 saturated heterocycles. The van der Waals surface area contributed by atoms with Crippen LogP contribution in [0.2, 0.25) is 0 Å². The Bertz CT molecular complexity index is 735. The summed E-state index contributed by atoms with van der Waals surface area (Å²) in [7, 11) is -0.492. The highest BCUT2D eigenvalue weighted by atomic mass is 32.2. The van der Waals surface area contributed by atoms with E-state index in [4.69, 9.17) is 4.74 Å². The number of hydrogen-bond acceptors (Lipinski definition) is 4. The molecule has 0 aliphatic rings. The first kappa shape index (κ1) is 14.4. The maximum Gasteiger partial charge on any atom is 0.265 e. The molecule has 2 rings (SSSR count). The summed E-state index contributed by atoms with van der Waals surface area (Å²) in [5.41, 5.74) is 1.92. The van der Waals surface area contributed by atoms with Gasteiger partial charge < -0.3 is 4.74 Å². The molecule has 0 aliphatic heterocycles. The zero-order chi connectivity index (χ0) is 14.9. The number of sulfonamides is 1. The number of nitrogens with one attached hydrogen (secondary N) is 1. The van der Waals surface area contributed by atoms with Crippen LogP contribution in [0.5, 0.6) is 5.75 Å². The summed E-state index contributed by atoms with van der Waals surface area (Å²) in [5.74, 6) is 0.473. The van der Waals surface area contributed by atoms with Crippen molar-refractivity contribution in [3.05, 3.63) is 35.7 Å². The Kier molecular flexibility index (Phi) is 3.71. The number of aryl methyl sites for hydroxylation is 2. The summed E-state index contributed by atoms with van der Waals surface area (Å²) >= 11 is 0. The number of aromatic nitrogens is 2. The molecule has 0 fully saturated rings. The van der Waals surface area contributed by atoms with Gasteiger partial charge in [0.2, 0.25) is 0 Å². The normalized spacial score (nSPS) is 11.4. The first-order valence-corrected chi connectivity index (χ1v) is 7.49. The van der Waals surface area contributed by atoms with Crippen molar-refractivity contribution >= 4 is 15.7 Å². The van der Waals surface area contributed by atoms with Crippen LogP contribution < -0.4 is 9.46 Å². The SMILES string of the molecule is COc1ccc(C)cc1NS(=O)(=O)c1cnn(C)c1C. The minimum atomic E-state index is -3.69. The summed E-state index contributed by atoms with van der Waals surface area (Å²) in [6.07, 6.45) is 1.33. The molecule has 0 spiro atoms. The van der Waals surface area contributed by atoms with Crippen LogP contribution >= 0.6 is 0 Å². The minimum Gasteiger partial charge on any atom is -0.495 e. The van der Waals surface area contributed by atoms with E-state index in [0.717, 1.165) is 5.56 Å². The zero-order valence-electron chi connectivity index (χ0n) is 11.8. The topological polar surface area (TPSA) is 73.2 Å². The molecule has 0 amide bonds. The molecule has 1 N–H and O–H groups in total. The van der Waals surface area contributed by atoms with Crippen LogP contribution in [0.3, 0.4) is 0 Å². The van der Waals surface area contributed by atoms with E-state index < -0.39 is 10.0 Å². The predicted octanol–water partition coefficient (Wildman–Crippen LogP) is 1.85. The summed E-state index contributed by atoms with van der Waals surface area (Å²) in [6.45, 7) is 3.58. The van der Waals surface area contributed by atoms with Gasteiger partial charge in [0, 0.05) is 7.05 Å². The third-order valence-corrected chi connectivity index (χ3v) is 4.55. The maximum absolute atomic E-state index is 12.4. The molecule has 1 heterocycles. The summed E-state index contributed by atoms with van der Waals surface area (Å²) in [5, 5.41) is 3.95. The molecule has 0 atom stereocenters. The van der Waals surface area contributed by atoms with Gasteiger partial charge in [-0.1, -0.05) is 6.07 Å². The van der Waals surface area contributed by atoms with Gasteiger partial charge in [0.05, 0.1) is 24.7 Å². The molecule has 108 valence electrons. The fraction of sp³-hybridized carbons (Fsp3) is 0.308. The lowest BCUT2D eigenvalue weighted by molar-refractivity contribution is 0.417. The largest absolute Gasteiger partial charge is 0.495 e. The summed E-state index contributed by atoms with van der Waals surface area (Å²) in [6, 6.07) is 5.30. The molecule has 0 saturated carbocycles. The average Bonchev–Trinajstić information content (AvgIpc) is 2.70. The number of benzene rings is 1. The average molecular weight is 295 g/mol. The standard InChI is InChI=1S/C13H17N3O3S/c1-9-5-6-12(19-4)11(7-9)15-20(17,18)13-8-14-16(3)10(13)2/h5-8,15H,1-4H3. The number of methoxy groups -OCH3 is 1. The molecule has 0 radical (unpaired) electrons. The first-order chi connectivity index (χ1) is 9.35. The lowest BCUT2D eigenvalue weighted by Crippen LogP contribution is -2.14. The number of hydrogen-bond donors (Lipinski definition) is 1. The maximum atomic E-state index is 12.4. The minimum absolute atomic E-state index is 0.156. The van der Waals surface area contributed by atoms with E-state index in [0.29, 0.717) is 17.1 Å². The predicted molar refractivity (Wildman–Crippen MR) is 76.5 cm³/mol. The van der Waals surface area contributed by atoms with E-state index in [9.17, 15) is 8.42 Å². The Balaban J connectivity index is 2.43. The second-order valence-electron chi connectivity index (χ2n) is 4.53. The highest BCUT2D eigenvalue weighted by Gasteiger charge is 2.21. The fourth-order valence-electron chi connectivity index (χ4n) is 1.84. The Morgan fingerprint density at radius 1 is 1.30 bits per heavy atom. The van der Waals surface area contributed by atoms with Crippen molar-refractivity contribution in [2.24, 2.45) is 7.05 Å². The van der Waals surface area contributed by atoms with Crippen LogP contribution in [-0.2, 0) is 17.1 Å². The van der Waals surface area contributed by atoms with Gasteiger partial charge in [-0.15, -0.1) is 0 Å². The van der Waals surface area contributed by atoms with E-state index in [1.807, 2.05) is 13.0 Å². The van der Waals surface area contributed by atoms with Gasteiger partial charge in [-0.25, -0.2) is 8.42 Å². The molecule has 20 heavy (non-hydrogen) atoms. The molecule has 1 aromatic carbocycles. The van der Waals surface area contributed by atoms with E-state index in [1.165, 1.54) is 18.0 Å². The molecule has 0 unspecified atom stereocenters. The molecule has 6 nitrogen and oxygen atoms in total. The van der Waals surface area contributed by atoms with Gasteiger partial charge in [-0.2, -0.15) is 5.10 Å². The van der Waals surface area contributed by atoms with Crippen LogP contribution in [0, 0.1) is 13.8 Å².